The summed E-state index contributed by atoms with van der Waals surface area (Å²) in [6.45, 7) is 6.46. The lowest BCUT2D eigenvalue weighted by Gasteiger charge is -2.21. The van der Waals surface area contributed by atoms with Crippen molar-refractivity contribution in [3.8, 4) is 0 Å². The number of nitrogens with zero attached hydrogens (tertiary/aromatic N) is 1. The molecule has 1 aliphatic carbocycles. The first-order chi connectivity index (χ1) is 14.7. The topological polar surface area (TPSA) is 98.7 Å². The molecule has 0 aliphatic heterocycles. The van der Waals surface area contributed by atoms with Crippen LogP contribution in [0.15, 0.2) is 36.4 Å². The Morgan fingerprint density at radius 3 is 2.19 bits per heavy atom. The average Bonchev–Trinajstić information content (AvgIpc) is 3.54. The van der Waals surface area contributed by atoms with E-state index in [1.807, 2.05) is 43.9 Å². The number of carboxylic acids is 1. The van der Waals surface area contributed by atoms with Crippen molar-refractivity contribution in [2.45, 2.75) is 46.1 Å². The van der Waals surface area contributed by atoms with Crippen molar-refractivity contribution in [3.05, 3.63) is 58.7 Å². The van der Waals surface area contributed by atoms with Gasteiger partial charge in [-0.1, -0.05) is 18.2 Å². The first-order valence-electron chi connectivity index (χ1n) is 10.5. The Hall–Kier alpha value is -3.19. The Bertz CT molecular complexity index is 998. The second-order valence-electron chi connectivity index (χ2n) is 8.20. The van der Waals surface area contributed by atoms with Crippen LogP contribution in [0, 0.1) is 20.8 Å². The molecule has 0 heterocycles. The summed E-state index contributed by atoms with van der Waals surface area (Å²) in [7, 11) is 0. The van der Waals surface area contributed by atoms with Crippen molar-refractivity contribution in [2.75, 3.05) is 23.7 Å². The number of carbonyl (C=O) groups is 3. The van der Waals surface area contributed by atoms with Crippen LogP contribution >= 0.6 is 0 Å². The lowest BCUT2D eigenvalue weighted by molar-refractivity contribution is -0.119. The molecule has 0 bridgehead atoms. The molecule has 164 valence electrons. The molecular weight excluding hydrogens is 394 g/mol. The van der Waals surface area contributed by atoms with E-state index in [-0.39, 0.29) is 30.3 Å². The van der Waals surface area contributed by atoms with Crippen molar-refractivity contribution in [3.63, 3.8) is 0 Å². The highest BCUT2D eigenvalue weighted by Crippen LogP contribution is 2.27. The highest BCUT2D eigenvalue weighted by molar-refractivity contribution is 5.95. The fourth-order valence-electron chi connectivity index (χ4n) is 3.42. The van der Waals surface area contributed by atoms with Crippen molar-refractivity contribution < 1.29 is 19.5 Å². The lowest BCUT2D eigenvalue weighted by atomic mass is 10.1. The quantitative estimate of drug-likeness (QED) is 0.571. The van der Waals surface area contributed by atoms with Crippen LogP contribution in [0.3, 0.4) is 0 Å². The molecule has 31 heavy (non-hydrogen) atoms. The van der Waals surface area contributed by atoms with Gasteiger partial charge < -0.3 is 15.7 Å². The molecule has 3 rings (SSSR count). The van der Waals surface area contributed by atoms with Crippen LogP contribution in [0.4, 0.5) is 11.4 Å². The molecule has 1 saturated carbocycles. The van der Waals surface area contributed by atoms with E-state index in [9.17, 15) is 14.4 Å². The fraction of sp³-hybridized carbons (Fsp3) is 0.375. The number of aromatic carboxylic acids is 1. The molecule has 0 saturated heterocycles. The van der Waals surface area contributed by atoms with Crippen LogP contribution in [-0.4, -0.2) is 46.9 Å². The van der Waals surface area contributed by atoms with Gasteiger partial charge in [-0.05, 0) is 68.5 Å². The van der Waals surface area contributed by atoms with E-state index >= 15 is 0 Å². The Labute approximate surface area is 182 Å². The van der Waals surface area contributed by atoms with E-state index in [0.29, 0.717) is 18.3 Å². The van der Waals surface area contributed by atoms with Crippen LogP contribution < -0.4 is 10.6 Å². The maximum atomic E-state index is 12.6. The lowest BCUT2D eigenvalue weighted by Crippen LogP contribution is -2.37. The molecule has 2 amide bonds. The highest BCUT2D eigenvalue weighted by Gasteiger charge is 2.30. The summed E-state index contributed by atoms with van der Waals surface area (Å²) in [5.74, 6) is -1.33. The summed E-state index contributed by atoms with van der Waals surface area (Å²) < 4.78 is 0. The number of hydrogen-bond donors (Lipinski definition) is 3. The molecule has 0 radical (unpaired) electrons. The molecule has 0 atom stereocenters. The van der Waals surface area contributed by atoms with Gasteiger partial charge in [0.15, 0.2) is 0 Å². The van der Waals surface area contributed by atoms with E-state index in [2.05, 4.69) is 10.6 Å². The molecule has 2 aromatic carbocycles. The molecule has 2 aromatic rings. The first kappa shape index (κ1) is 22.5. The van der Waals surface area contributed by atoms with Gasteiger partial charge in [-0.2, -0.15) is 0 Å². The molecule has 1 aliphatic rings. The normalized spacial score (nSPS) is 13.2. The van der Waals surface area contributed by atoms with E-state index in [4.69, 9.17) is 5.11 Å². The number of amides is 2. The van der Waals surface area contributed by atoms with Gasteiger partial charge in [0.05, 0.1) is 12.1 Å². The molecule has 0 unspecified atom stereocenters. The summed E-state index contributed by atoms with van der Waals surface area (Å²) >= 11 is 0. The van der Waals surface area contributed by atoms with Crippen molar-refractivity contribution in [1.29, 1.82) is 0 Å². The summed E-state index contributed by atoms with van der Waals surface area (Å²) in [5, 5.41) is 14.9. The van der Waals surface area contributed by atoms with Gasteiger partial charge in [-0.25, -0.2) is 4.79 Å². The minimum absolute atomic E-state index is 0.0917. The number of aryl methyl sites for hydroxylation is 3. The zero-order chi connectivity index (χ0) is 22.5. The summed E-state index contributed by atoms with van der Waals surface area (Å²) in [4.78, 5) is 38.3. The third-order valence-electron chi connectivity index (χ3n) is 5.46. The predicted octanol–water partition coefficient (Wildman–Crippen LogP) is 3.74. The van der Waals surface area contributed by atoms with Gasteiger partial charge in [-0.15, -0.1) is 0 Å². The van der Waals surface area contributed by atoms with E-state index in [1.54, 1.807) is 6.07 Å². The van der Waals surface area contributed by atoms with Gasteiger partial charge in [0, 0.05) is 30.4 Å². The van der Waals surface area contributed by atoms with Crippen molar-refractivity contribution in [1.82, 2.24) is 4.90 Å². The van der Waals surface area contributed by atoms with Crippen LogP contribution in [0.2, 0.25) is 0 Å². The highest BCUT2D eigenvalue weighted by atomic mass is 16.4. The van der Waals surface area contributed by atoms with E-state index < -0.39 is 5.97 Å². The maximum Gasteiger partial charge on any atom is 0.335 e. The summed E-state index contributed by atoms with van der Waals surface area (Å²) in [5.41, 5.74) is 4.32. The first-order valence-corrected chi connectivity index (χ1v) is 10.5. The average molecular weight is 424 g/mol. The van der Waals surface area contributed by atoms with Crippen LogP contribution in [-0.2, 0) is 9.59 Å². The predicted molar refractivity (Wildman–Crippen MR) is 121 cm³/mol. The van der Waals surface area contributed by atoms with Crippen molar-refractivity contribution >= 4 is 29.2 Å². The molecule has 7 heteroatoms. The van der Waals surface area contributed by atoms with Crippen molar-refractivity contribution in [2.24, 2.45) is 0 Å². The van der Waals surface area contributed by atoms with Crippen LogP contribution in [0.1, 0.15) is 46.3 Å². The number of hydrogen-bond acceptors (Lipinski definition) is 4. The molecule has 7 nitrogen and oxygen atoms in total. The van der Waals surface area contributed by atoms with Crippen LogP contribution in [0.25, 0.3) is 0 Å². The molecule has 1 fully saturated rings. The fourth-order valence-corrected chi connectivity index (χ4v) is 3.42. The van der Waals surface area contributed by atoms with Gasteiger partial charge in [0.25, 0.3) is 0 Å². The van der Waals surface area contributed by atoms with Crippen LogP contribution in [0.5, 0.6) is 0 Å². The molecule has 0 spiro atoms. The number of nitrogens with one attached hydrogen (secondary N) is 2. The van der Waals surface area contributed by atoms with E-state index in [0.717, 1.165) is 35.2 Å². The number of carbonyl (C=O) groups excluding carboxylic acids is 2. The Kier molecular flexibility index (Phi) is 7.07. The number of anilines is 2. The maximum absolute atomic E-state index is 12.6. The number of benzene rings is 2. The van der Waals surface area contributed by atoms with Gasteiger partial charge in [-0.3, -0.25) is 14.5 Å². The summed E-state index contributed by atoms with van der Waals surface area (Å²) in [6.07, 6.45) is 2.28. The Morgan fingerprint density at radius 1 is 0.935 bits per heavy atom. The zero-order valence-electron chi connectivity index (χ0n) is 18.2. The zero-order valence-corrected chi connectivity index (χ0v) is 18.2. The third kappa shape index (κ3) is 6.39. The summed E-state index contributed by atoms with van der Waals surface area (Å²) in [6, 6.07) is 10.9. The van der Waals surface area contributed by atoms with Gasteiger partial charge in [0.1, 0.15) is 0 Å². The standard InChI is InChI=1S/C24H29N3O4/c1-15-4-5-16(2)20(12-15)26-23(29)14-27(19-8-9-19)11-10-22(28)25-21-13-18(24(30)31)7-6-17(21)3/h4-7,12-13,19H,8-11,14H2,1-3H3,(H,25,28)(H,26,29)(H,30,31). The minimum atomic E-state index is -1.04. The largest absolute Gasteiger partial charge is 0.478 e. The van der Waals surface area contributed by atoms with E-state index in [1.165, 1.54) is 12.1 Å². The smallest absolute Gasteiger partial charge is 0.335 e. The number of rotatable bonds is 9. The molecular formula is C24H29N3O4. The molecule has 3 N–H and O–H groups in total. The minimum Gasteiger partial charge on any atom is -0.478 e. The Balaban J connectivity index is 1.55. The SMILES string of the molecule is Cc1ccc(C)c(NC(=O)CN(CCC(=O)Nc2cc(C(=O)O)ccc2C)C2CC2)c1. The third-order valence-corrected chi connectivity index (χ3v) is 5.46. The second-order valence-corrected chi connectivity index (χ2v) is 8.20. The number of carboxylic acid groups (broad SMARTS) is 1. The van der Waals surface area contributed by atoms with Gasteiger partial charge in [0.2, 0.25) is 11.8 Å². The Morgan fingerprint density at radius 2 is 1.55 bits per heavy atom. The monoisotopic (exact) mass is 423 g/mol. The van der Waals surface area contributed by atoms with Gasteiger partial charge >= 0.3 is 5.97 Å². The second kappa shape index (κ2) is 9.75. The molecule has 0 aromatic heterocycles.